The van der Waals surface area contributed by atoms with Crippen LogP contribution in [0.2, 0.25) is 0 Å². The summed E-state index contributed by atoms with van der Waals surface area (Å²) in [6, 6.07) is 13.0. The van der Waals surface area contributed by atoms with E-state index in [0.717, 1.165) is 17.5 Å². The van der Waals surface area contributed by atoms with Crippen LogP contribution in [0.15, 0.2) is 53.4 Å². The third-order valence-corrected chi connectivity index (χ3v) is 5.87. The van der Waals surface area contributed by atoms with E-state index in [0.29, 0.717) is 23.6 Å². The Bertz CT molecular complexity index is 1040. The molecule has 0 saturated heterocycles. The maximum atomic E-state index is 13.1. The van der Waals surface area contributed by atoms with Crippen LogP contribution < -0.4 is 4.72 Å². The van der Waals surface area contributed by atoms with E-state index in [1.54, 1.807) is 35.9 Å². The Balaban J connectivity index is 1.86. The van der Waals surface area contributed by atoms with Crippen molar-refractivity contribution < 1.29 is 12.8 Å². The molecule has 0 amide bonds. The smallest absolute Gasteiger partial charge is 0.262 e. The number of nitrogens with zero attached hydrogens (tertiary/aromatic N) is 2. The fraction of sp³-hybridized carbons (Fsp3) is 0.250. The van der Waals surface area contributed by atoms with E-state index in [9.17, 15) is 12.8 Å². The first-order chi connectivity index (χ1) is 12.8. The minimum absolute atomic E-state index is 0.213. The van der Waals surface area contributed by atoms with Gasteiger partial charge in [-0.3, -0.25) is 9.40 Å². The second-order valence-corrected chi connectivity index (χ2v) is 8.12. The average molecular weight is 387 g/mol. The summed E-state index contributed by atoms with van der Waals surface area (Å²) in [5, 5.41) is 4.43. The van der Waals surface area contributed by atoms with E-state index in [2.05, 4.69) is 9.82 Å². The highest BCUT2D eigenvalue weighted by Gasteiger charge is 2.20. The fourth-order valence-corrected chi connectivity index (χ4v) is 4.04. The fourth-order valence-electron chi connectivity index (χ4n) is 2.86. The highest BCUT2D eigenvalue weighted by Crippen LogP contribution is 2.24. The summed E-state index contributed by atoms with van der Waals surface area (Å²) in [4.78, 5) is 0.213. The van der Waals surface area contributed by atoms with Crippen LogP contribution in [0.4, 0.5) is 10.1 Å². The monoisotopic (exact) mass is 387 g/mol. The number of nitrogens with one attached hydrogen (secondary N) is 1. The number of benzene rings is 2. The number of rotatable bonds is 6. The molecule has 3 rings (SSSR count). The van der Waals surface area contributed by atoms with Crippen molar-refractivity contribution in [2.24, 2.45) is 0 Å². The second-order valence-electron chi connectivity index (χ2n) is 6.43. The minimum atomic E-state index is -3.70. The quantitative estimate of drug-likeness (QED) is 0.694. The number of aryl methyl sites for hydroxylation is 2. The van der Waals surface area contributed by atoms with Gasteiger partial charge in [-0.1, -0.05) is 31.2 Å². The normalized spacial score (nSPS) is 11.6. The van der Waals surface area contributed by atoms with Gasteiger partial charge in [0.15, 0.2) is 0 Å². The van der Waals surface area contributed by atoms with E-state index in [4.69, 9.17) is 0 Å². The van der Waals surface area contributed by atoms with Crippen molar-refractivity contribution in [2.45, 2.75) is 38.6 Å². The Hall–Kier alpha value is -2.67. The third kappa shape index (κ3) is 4.19. The van der Waals surface area contributed by atoms with Crippen molar-refractivity contribution in [2.75, 3.05) is 4.72 Å². The average Bonchev–Trinajstić information content (AvgIpc) is 2.91. The van der Waals surface area contributed by atoms with Crippen LogP contribution in [0.1, 0.15) is 29.4 Å². The van der Waals surface area contributed by atoms with E-state index >= 15 is 0 Å². The van der Waals surface area contributed by atoms with Crippen molar-refractivity contribution in [3.05, 3.63) is 76.9 Å². The Labute approximate surface area is 158 Å². The molecule has 142 valence electrons. The molecule has 2 aromatic carbocycles. The predicted octanol–water partition coefficient (Wildman–Crippen LogP) is 4.05. The van der Waals surface area contributed by atoms with Gasteiger partial charge in [0.2, 0.25) is 0 Å². The van der Waals surface area contributed by atoms with Crippen molar-refractivity contribution in [1.29, 1.82) is 0 Å². The molecule has 3 aromatic rings. The van der Waals surface area contributed by atoms with Crippen LogP contribution in [-0.4, -0.2) is 18.2 Å². The number of halogens is 1. The molecule has 0 fully saturated rings. The first-order valence-electron chi connectivity index (χ1n) is 8.70. The molecule has 1 heterocycles. The molecule has 1 N–H and O–H groups in total. The molecule has 0 aliphatic rings. The molecule has 27 heavy (non-hydrogen) atoms. The minimum Gasteiger partial charge on any atom is -0.276 e. The Morgan fingerprint density at radius 1 is 1.00 bits per heavy atom. The highest BCUT2D eigenvalue weighted by atomic mass is 32.2. The highest BCUT2D eigenvalue weighted by molar-refractivity contribution is 7.92. The van der Waals surface area contributed by atoms with Gasteiger partial charge >= 0.3 is 0 Å². The molecule has 0 spiro atoms. The van der Waals surface area contributed by atoms with Gasteiger partial charge in [0.05, 0.1) is 28.5 Å². The van der Waals surface area contributed by atoms with Crippen molar-refractivity contribution in [3.63, 3.8) is 0 Å². The van der Waals surface area contributed by atoms with Gasteiger partial charge < -0.3 is 0 Å². The first-order valence-corrected chi connectivity index (χ1v) is 10.2. The van der Waals surface area contributed by atoms with Crippen LogP contribution in [0, 0.1) is 19.7 Å². The molecular formula is C20H22FN3O2S. The summed E-state index contributed by atoms with van der Waals surface area (Å²) in [6.45, 7) is 6.01. The predicted molar refractivity (Wildman–Crippen MR) is 104 cm³/mol. The molecule has 5 nitrogen and oxygen atoms in total. The second kappa shape index (κ2) is 7.52. The third-order valence-electron chi connectivity index (χ3n) is 4.51. The van der Waals surface area contributed by atoms with Crippen LogP contribution in [0.5, 0.6) is 0 Å². The maximum Gasteiger partial charge on any atom is 0.262 e. The Morgan fingerprint density at radius 3 is 2.19 bits per heavy atom. The van der Waals surface area contributed by atoms with Gasteiger partial charge in [0, 0.05) is 0 Å². The summed E-state index contributed by atoms with van der Waals surface area (Å²) in [5.41, 5.74) is 3.71. The van der Waals surface area contributed by atoms with Gasteiger partial charge in [-0.25, -0.2) is 12.8 Å². The van der Waals surface area contributed by atoms with Crippen molar-refractivity contribution in [3.8, 4) is 0 Å². The van der Waals surface area contributed by atoms with Crippen molar-refractivity contribution >= 4 is 15.7 Å². The molecule has 0 aliphatic heterocycles. The molecule has 0 saturated carbocycles. The van der Waals surface area contributed by atoms with Gasteiger partial charge in [0.25, 0.3) is 10.0 Å². The zero-order chi connectivity index (χ0) is 19.6. The first kappa shape index (κ1) is 19.1. The van der Waals surface area contributed by atoms with E-state index in [1.165, 1.54) is 12.1 Å². The van der Waals surface area contributed by atoms with Crippen LogP contribution >= 0.6 is 0 Å². The van der Waals surface area contributed by atoms with Gasteiger partial charge in [-0.15, -0.1) is 0 Å². The number of anilines is 1. The van der Waals surface area contributed by atoms with Gasteiger partial charge in [-0.2, -0.15) is 5.10 Å². The van der Waals surface area contributed by atoms with Crippen molar-refractivity contribution in [1.82, 2.24) is 9.78 Å². The Morgan fingerprint density at radius 2 is 1.59 bits per heavy atom. The lowest BCUT2D eigenvalue weighted by molar-refractivity contribution is 0.601. The molecule has 0 radical (unpaired) electrons. The van der Waals surface area contributed by atoms with Gasteiger partial charge in [0.1, 0.15) is 5.82 Å². The van der Waals surface area contributed by atoms with Crippen LogP contribution in [-0.2, 0) is 23.0 Å². The number of aromatic nitrogens is 2. The lowest BCUT2D eigenvalue weighted by Crippen LogP contribution is -2.14. The largest absolute Gasteiger partial charge is 0.276 e. The number of hydrogen-bond donors (Lipinski definition) is 1. The van der Waals surface area contributed by atoms with E-state index in [-0.39, 0.29) is 10.7 Å². The zero-order valence-corrected chi connectivity index (χ0v) is 16.3. The molecule has 0 unspecified atom stereocenters. The van der Waals surface area contributed by atoms with E-state index in [1.807, 2.05) is 26.0 Å². The molecule has 7 heteroatoms. The SMILES string of the molecule is CCc1ccc(S(=O)(=O)Nc2c(C)nn(Cc3ccc(F)cc3)c2C)cc1. The lowest BCUT2D eigenvalue weighted by Gasteiger charge is -2.10. The molecule has 0 bridgehead atoms. The molecule has 1 aromatic heterocycles. The molecular weight excluding hydrogens is 365 g/mol. The molecule has 0 aliphatic carbocycles. The zero-order valence-electron chi connectivity index (χ0n) is 15.5. The maximum absolute atomic E-state index is 13.1. The Kier molecular flexibility index (Phi) is 5.32. The molecule has 0 atom stereocenters. The van der Waals surface area contributed by atoms with E-state index < -0.39 is 10.0 Å². The van der Waals surface area contributed by atoms with Crippen LogP contribution in [0.3, 0.4) is 0 Å². The topological polar surface area (TPSA) is 64.0 Å². The summed E-state index contributed by atoms with van der Waals surface area (Å²) >= 11 is 0. The summed E-state index contributed by atoms with van der Waals surface area (Å²) < 4.78 is 42.9. The summed E-state index contributed by atoms with van der Waals surface area (Å²) in [7, 11) is -3.70. The van der Waals surface area contributed by atoms with Crippen LogP contribution in [0.25, 0.3) is 0 Å². The van der Waals surface area contributed by atoms with Gasteiger partial charge in [-0.05, 0) is 55.7 Å². The lowest BCUT2D eigenvalue weighted by atomic mass is 10.2. The number of sulfonamides is 1. The standard InChI is InChI=1S/C20H22FN3O2S/c1-4-16-7-11-19(12-8-16)27(25,26)23-20-14(2)22-24(15(20)3)13-17-5-9-18(21)10-6-17/h5-12,23H,4,13H2,1-3H3. The summed E-state index contributed by atoms with van der Waals surface area (Å²) in [5.74, 6) is -0.297. The number of hydrogen-bond acceptors (Lipinski definition) is 3. The summed E-state index contributed by atoms with van der Waals surface area (Å²) in [6.07, 6.45) is 0.849.